The first-order valence-electron chi connectivity index (χ1n) is 17.7. The molecule has 10 rings (SSSR count). The Morgan fingerprint density at radius 2 is 0.667 bits per heavy atom. The number of nitrogens with zero attached hydrogens (tertiary/aromatic N) is 2. The van der Waals surface area contributed by atoms with Crippen LogP contribution >= 0.6 is 54.5 Å². The van der Waals surface area contributed by atoms with E-state index in [0.717, 1.165) is 43.1 Å². The Kier molecular flexibility index (Phi) is 8.56. The minimum Gasteiger partial charge on any atom is -0.310 e. The molecule has 0 fully saturated rings. The molecule has 0 saturated carbocycles. The van der Waals surface area contributed by atoms with Crippen LogP contribution in [0, 0.1) is 0 Å². The summed E-state index contributed by atoms with van der Waals surface area (Å²) in [5, 5.41) is 5.12. The Hall–Kier alpha value is -5.24. The minimum absolute atomic E-state index is 1.11. The number of fused-ring (bicyclic) bond motifs is 6. The Morgan fingerprint density at radius 3 is 1.07 bits per heavy atom. The van der Waals surface area contributed by atoms with Crippen molar-refractivity contribution in [3.63, 3.8) is 0 Å². The highest BCUT2D eigenvalue weighted by Gasteiger charge is 2.17. The van der Waals surface area contributed by atoms with Gasteiger partial charge in [-0.25, -0.2) is 0 Å². The van der Waals surface area contributed by atoms with Crippen molar-refractivity contribution in [3.05, 3.63) is 191 Å². The predicted octanol–water partition coefficient (Wildman–Crippen LogP) is 16.6. The molecule has 0 bridgehead atoms. The van der Waals surface area contributed by atoms with E-state index < -0.39 is 0 Å². The van der Waals surface area contributed by atoms with E-state index in [1.807, 2.05) is 22.7 Å². The van der Waals surface area contributed by atoms with Gasteiger partial charge in [0.15, 0.2) is 0 Å². The first-order chi connectivity index (χ1) is 26.6. The maximum Gasteiger partial charge on any atom is 0.0468 e. The summed E-state index contributed by atoms with van der Waals surface area (Å²) in [5.41, 5.74) is 9.09. The lowest BCUT2D eigenvalue weighted by atomic mass is 10.0. The first-order valence-corrected chi connectivity index (χ1v) is 20.9. The molecule has 2 aromatic heterocycles. The molecule has 0 saturated heterocycles. The van der Waals surface area contributed by atoms with Crippen LogP contribution in [0.4, 0.5) is 34.1 Å². The monoisotopic (exact) mass is 856 g/mol. The smallest absolute Gasteiger partial charge is 0.0468 e. The quantitative estimate of drug-likeness (QED) is 0.158. The molecule has 2 nitrogen and oxygen atoms in total. The topological polar surface area (TPSA) is 6.48 Å². The van der Waals surface area contributed by atoms with Crippen LogP contribution in [0.3, 0.4) is 0 Å². The van der Waals surface area contributed by atoms with Gasteiger partial charge in [0.25, 0.3) is 0 Å². The molecule has 0 amide bonds. The molecular weight excluding hydrogens is 828 g/mol. The van der Waals surface area contributed by atoms with Gasteiger partial charge in [-0.15, -0.1) is 22.7 Å². The summed E-state index contributed by atoms with van der Waals surface area (Å²) < 4.78 is 7.37. The van der Waals surface area contributed by atoms with Crippen molar-refractivity contribution in [2.75, 3.05) is 9.80 Å². The summed E-state index contributed by atoms with van der Waals surface area (Å²) >= 11 is 11.0. The van der Waals surface area contributed by atoms with E-state index in [1.54, 1.807) is 0 Å². The van der Waals surface area contributed by atoms with Crippen molar-refractivity contribution >= 4 is 129 Å². The van der Waals surface area contributed by atoms with Crippen LogP contribution in [0.25, 0.3) is 51.5 Å². The summed E-state index contributed by atoms with van der Waals surface area (Å²) in [5.74, 6) is 0. The number of thiophene rings is 2. The maximum atomic E-state index is 3.65. The molecular formula is C48H30Br2N2S2. The highest BCUT2D eigenvalue weighted by atomic mass is 79.9. The van der Waals surface area contributed by atoms with Crippen molar-refractivity contribution < 1.29 is 0 Å². The van der Waals surface area contributed by atoms with E-state index in [-0.39, 0.29) is 0 Å². The fourth-order valence-corrected chi connectivity index (χ4v) is 10.7. The molecule has 6 heteroatoms. The third-order valence-electron chi connectivity index (χ3n) is 9.96. The second-order valence-corrected chi connectivity index (χ2v) is 17.3. The van der Waals surface area contributed by atoms with Gasteiger partial charge in [0.1, 0.15) is 0 Å². The fourth-order valence-electron chi connectivity index (χ4n) is 7.41. The lowest BCUT2D eigenvalue weighted by Crippen LogP contribution is -2.10. The van der Waals surface area contributed by atoms with E-state index in [0.29, 0.717) is 0 Å². The maximum absolute atomic E-state index is 3.65. The van der Waals surface area contributed by atoms with E-state index in [9.17, 15) is 0 Å². The number of halogens is 2. The van der Waals surface area contributed by atoms with Crippen molar-refractivity contribution in [3.8, 4) is 11.1 Å². The van der Waals surface area contributed by atoms with Crippen molar-refractivity contribution in [1.82, 2.24) is 0 Å². The van der Waals surface area contributed by atoms with Crippen molar-refractivity contribution in [1.29, 1.82) is 0 Å². The van der Waals surface area contributed by atoms with Gasteiger partial charge in [-0.2, -0.15) is 0 Å². The summed E-state index contributed by atoms with van der Waals surface area (Å²) in [6, 6.07) is 65.9. The Balaban J connectivity index is 0.996. The molecule has 0 aliphatic rings. The number of hydrogen-bond acceptors (Lipinski definition) is 4. The van der Waals surface area contributed by atoms with Crippen LogP contribution in [0.2, 0.25) is 0 Å². The molecule has 54 heavy (non-hydrogen) atoms. The highest BCUT2D eigenvalue weighted by Crippen LogP contribution is 2.43. The summed E-state index contributed by atoms with van der Waals surface area (Å²) in [6.07, 6.45) is 0. The zero-order valence-electron chi connectivity index (χ0n) is 28.8. The number of benzene rings is 8. The van der Waals surface area contributed by atoms with Gasteiger partial charge >= 0.3 is 0 Å². The van der Waals surface area contributed by atoms with E-state index in [4.69, 9.17) is 0 Å². The van der Waals surface area contributed by atoms with Gasteiger partial charge in [0.2, 0.25) is 0 Å². The SMILES string of the molecule is Brc1ccc2c(c1)sc1ccc(N(c3ccccc3)c3ccc(-c4ccc(N(c5ccccc5)c5ccc6sc7cc(Br)ccc7c6c5)cc4)cc3)cc12. The molecule has 258 valence electrons. The van der Waals surface area contributed by atoms with Crippen molar-refractivity contribution in [2.24, 2.45) is 0 Å². The van der Waals surface area contributed by atoms with Crippen LogP contribution in [0.15, 0.2) is 191 Å². The molecule has 0 atom stereocenters. The molecule has 10 aromatic rings. The van der Waals surface area contributed by atoms with Crippen LogP contribution in [0.5, 0.6) is 0 Å². The highest BCUT2D eigenvalue weighted by molar-refractivity contribution is 9.10. The number of anilines is 6. The summed E-state index contributed by atoms with van der Waals surface area (Å²) in [4.78, 5) is 4.69. The normalized spacial score (nSPS) is 11.5. The number of para-hydroxylation sites is 2. The van der Waals surface area contributed by atoms with E-state index >= 15 is 0 Å². The van der Waals surface area contributed by atoms with Crippen LogP contribution in [-0.2, 0) is 0 Å². The molecule has 0 spiro atoms. The zero-order chi connectivity index (χ0) is 36.2. The largest absolute Gasteiger partial charge is 0.310 e. The minimum atomic E-state index is 1.11. The van der Waals surface area contributed by atoms with Gasteiger partial charge in [-0.1, -0.05) is 105 Å². The van der Waals surface area contributed by atoms with Gasteiger partial charge in [-0.05, 0) is 120 Å². The lowest BCUT2D eigenvalue weighted by Gasteiger charge is -2.26. The molecule has 0 aliphatic carbocycles. The third-order valence-corrected chi connectivity index (χ3v) is 13.2. The molecule has 0 N–H and O–H groups in total. The Bertz CT molecular complexity index is 2750. The first kappa shape index (κ1) is 33.3. The second-order valence-electron chi connectivity index (χ2n) is 13.3. The van der Waals surface area contributed by atoms with Gasteiger partial charge in [0.05, 0.1) is 0 Å². The van der Waals surface area contributed by atoms with Gasteiger partial charge in [0, 0.05) is 83.4 Å². The third kappa shape index (κ3) is 6.09. The van der Waals surface area contributed by atoms with E-state index in [1.165, 1.54) is 51.5 Å². The summed E-state index contributed by atoms with van der Waals surface area (Å²) in [7, 11) is 0. The Morgan fingerprint density at radius 1 is 0.296 bits per heavy atom. The molecule has 2 heterocycles. The average Bonchev–Trinajstić information content (AvgIpc) is 3.76. The van der Waals surface area contributed by atoms with Gasteiger partial charge in [-0.3, -0.25) is 0 Å². The molecule has 0 aliphatic heterocycles. The lowest BCUT2D eigenvalue weighted by molar-refractivity contribution is 1.29. The second kappa shape index (κ2) is 13.9. The van der Waals surface area contributed by atoms with Crippen LogP contribution in [-0.4, -0.2) is 0 Å². The van der Waals surface area contributed by atoms with Crippen molar-refractivity contribution in [2.45, 2.75) is 0 Å². The summed E-state index contributed by atoms with van der Waals surface area (Å²) in [6.45, 7) is 0. The predicted molar refractivity (Wildman–Crippen MR) is 242 cm³/mol. The van der Waals surface area contributed by atoms with E-state index in [2.05, 4.69) is 224 Å². The van der Waals surface area contributed by atoms with Gasteiger partial charge < -0.3 is 9.80 Å². The fraction of sp³-hybridized carbons (Fsp3) is 0. The molecule has 0 radical (unpaired) electrons. The molecule has 8 aromatic carbocycles. The number of hydrogen-bond donors (Lipinski definition) is 0. The molecule has 0 unspecified atom stereocenters. The van der Waals surface area contributed by atoms with Crippen LogP contribution in [0.1, 0.15) is 0 Å². The average molecular weight is 859 g/mol. The van der Waals surface area contributed by atoms with Crippen LogP contribution < -0.4 is 9.80 Å². The zero-order valence-corrected chi connectivity index (χ0v) is 33.6. The Labute approximate surface area is 338 Å². The standard InChI is InChI=1S/C48H30Br2N2S2/c49-33-15-23-41-43-29-39(21-25-45(43)53-47(41)27-33)51(35-7-3-1-4-8-35)37-17-11-31(12-18-37)32-13-19-38(20-14-32)52(36-9-5-2-6-10-36)40-22-26-46-44(30-40)42-24-16-34(50)28-48(42)54-46/h1-30H. The number of rotatable bonds is 7.